The maximum atomic E-state index is 13.7. The van der Waals surface area contributed by atoms with Crippen LogP contribution in [0.3, 0.4) is 0 Å². The molecule has 0 aromatic carbocycles. The van der Waals surface area contributed by atoms with Crippen molar-refractivity contribution in [3.8, 4) is 11.3 Å². The zero-order valence-electron chi connectivity index (χ0n) is 18.2. The first kappa shape index (κ1) is 22.5. The fourth-order valence-corrected chi connectivity index (χ4v) is 4.12. The molecule has 2 N–H and O–H groups in total. The first-order chi connectivity index (χ1) is 15.2. The van der Waals surface area contributed by atoms with E-state index in [0.29, 0.717) is 42.1 Å². The zero-order valence-corrected chi connectivity index (χ0v) is 18.2. The van der Waals surface area contributed by atoms with Crippen molar-refractivity contribution < 1.29 is 18.0 Å². The average Bonchev–Trinajstić information content (AvgIpc) is 2.71. The molecule has 170 valence electrons. The molecule has 2 aromatic rings. The molecule has 0 spiro atoms. The Labute approximate surface area is 185 Å². The largest absolute Gasteiger partial charge is 0.416 e. The van der Waals surface area contributed by atoms with Gasteiger partial charge in [0.25, 0.3) is 0 Å². The van der Waals surface area contributed by atoms with Gasteiger partial charge >= 0.3 is 6.18 Å². The summed E-state index contributed by atoms with van der Waals surface area (Å²) in [5.41, 5.74) is 1.89. The van der Waals surface area contributed by atoms with Crippen LogP contribution < -0.4 is 10.6 Å². The summed E-state index contributed by atoms with van der Waals surface area (Å²) in [7, 11) is 0. The Morgan fingerprint density at radius 1 is 1.22 bits per heavy atom. The monoisotopic (exact) mass is 444 g/mol. The number of nitrogens with one attached hydrogen (secondary N) is 2. The normalized spacial score (nSPS) is 17.1. The lowest BCUT2D eigenvalue weighted by Crippen LogP contribution is -2.29. The Morgan fingerprint density at radius 3 is 2.56 bits per heavy atom. The van der Waals surface area contributed by atoms with E-state index in [9.17, 15) is 18.0 Å². The lowest BCUT2D eigenvalue weighted by molar-refractivity contribution is -0.137. The molecule has 2 aliphatic rings. The van der Waals surface area contributed by atoms with E-state index in [1.807, 2.05) is 19.9 Å². The SMILES string of the molecule is CC(C)c1c(-c2cc(C(F)(F)F)cc(C3=CCNCC3)n2)ccnc1NC(=O)C1CCC1. The van der Waals surface area contributed by atoms with E-state index in [0.717, 1.165) is 37.0 Å². The number of hydrogen-bond donors (Lipinski definition) is 2. The average molecular weight is 445 g/mol. The molecule has 4 rings (SSSR count). The van der Waals surface area contributed by atoms with Gasteiger partial charge in [-0.1, -0.05) is 26.3 Å². The molecule has 0 unspecified atom stereocenters. The molecule has 1 fully saturated rings. The van der Waals surface area contributed by atoms with E-state index >= 15 is 0 Å². The van der Waals surface area contributed by atoms with Crippen LogP contribution in [0.15, 0.2) is 30.5 Å². The molecule has 0 bridgehead atoms. The summed E-state index contributed by atoms with van der Waals surface area (Å²) in [6, 6.07) is 3.89. The van der Waals surface area contributed by atoms with Crippen LogP contribution in [-0.2, 0) is 11.0 Å². The van der Waals surface area contributed by atoms with Crippen molar-refractivity contribution in [3.63, 3.8) is 0 Å². The van der Waals surface area contributed by atoms with E-state index < -0.39 is 11.7 Å². The highest BCUT2D eigenvalue weighted by atomic mass is 19.4. The third kappa shape index (κ3) is 4.70. The van der Waals surface area contributed by atoms with Gasteiger partial charge in [0, 0.05) is 29.8 Å². The standard InChI is InChI=1S/C24H27F3N4O/c1-14(2)21-18(8-11-29-22(21)31-23(32)16-4-3-5-16)20-13-17(24(25,26)27)12-19(30-20)15-6-9-28-10-7-15/h6,8,11-14,16,28H,3-5,7,9-10H2,1-2H3,(H,29,31,32). The van der Waals surface area contributed by atoms with Crippen molar-refractivity contribution in [2.24, 2.45) is 5.92 Å². The quantitative estimate of drug-likeness (QED) is 0.648. The summed E-state index contributed by atoms with van der Waals surface area (Å²) >= 11 is 0. The number of amides is 1. The minimum absolute atomic E-state index is 0.0226. The summed E-state index contributed by atoms with van der Waals surface area (Å²) in [4.78, 5) is 21.5. The summed E-state index contributed by atoms with van der Waals surface area (Å²) in [6.45, 7) is 5.17. The van der Waals surface area contributed by atoms with Gasteiger partial charge < -0.3 is 10.6 Å². The molecule has 1 saturated carbocycles. The van der Waals surface area contributed by atoms with Crippen molar-refractivity contribution in [2.75, 3.05) is 18.4 Å². The van der Waals surface area contributed by atoms with Crippen LogP contribution in [0.25, 0.3) is 16.8 Å². The molecule has 5 nitrogen and oxygen atoms in total. The summed E-state index contributed by atoms with van der Waals surface area (Å²) < 4.78 is 41.2. The lowest BCUT2D eigenvalue weighted by Gasteiger charge is -2.25. The minimum Gasteiger partial charge on any atom is -0.313 e. The molecule has 2 aromatic heterocycles. The van der Waals surface area contributed by atoms with Gasteiger partial charge in [-0.15, -0.1) is 0 Å². The van der Waals surface area contributed by atoms with Crippen molar-refractivity contribution in [3.05, 3.63) is 47.3 Å². The van der Waals surface area contributed by atoms with E-state index in [4.69, 9.17) is 0 Å². The molecule has 0 saturated heterocycles. The van der Waals surface area contributed by atoms with Crippen LogP contribution in [0, 0.1) is 5.92 Å². The number of halogens is 3. The summed E-state index contributed by atoms with van der Waals surface area (Å²) in [5.74, 6) is 0.218. The molecule has 3 heterocycles. The molecule has 8 heteroatoms. The fraction of sp³-hybridized carbons (Fsp3) is 0.458. The van der Waals surface area contributed by atoms with Crippen LogP contribution in [0.1, 0.15) is 62.3 Å². The van der Waals surface area contributed by atoms with E-state index in [2.05, 4.69) is 20.6 Å². The second kappa shape index (κ2) is 9.02. The number of rotatable bonds is 5. The highest BCUT2D eigenvalue weighted by Gasteiger charge is 2.33. The third-order valence-corrected chi connectivity index (χ3v) is 6.11. The van der Waals surface area contributed by atoms with Gasteiger partial charge in [-0.25, -0.2) is 9.97 Å². The van der Waals surface area contributed by atoms with Gasteiger partial charge in [0.2, 0.25) is 5.91 Å². The van der Waals surface area contributed by atoms with Crippen molar-refractivity contribution in [1.82, 2.24) is 15.3 Å². The Kier molecular flexibility index (Phi) is 6.33. The van der Waals surface area contributed by atoms with Gasteiger partial charge in [0.15, 0.2) is 0 Å². The Morgan fingerprint density at radius 2 is 1.97 bits per heavy atom. The van der Waals surface area contributed by atoms with Gasteiger partial charge in [-0.05, 0) is 55.5 Å². The zero-order chi connectivity index (χ0) is 22.9. The first-order valence-corrected chi connectivity index (χ1v) is 11.0. The van der Waals surface area contributed by atoms with Crippen molar-refractivity contribution in [2.45, 2.75) is 51.6 Å². The van der Waals surface area contributed by atoms with Gasteiger partial charge in [0.1, 0.15) is 5.82 Å². The predicted octanol–water partition coefficient (Wildman–Crippen LogP) is 5.40. The fourth-order valence-electron chi connectivity index (χ4n) is 4.12. The van der Waals surface area contributed by atoms with Crippen LogP contribution in [0.4, 0.5) is 19.0 Å². The number of alkyl halides is 3. The predicted molar refractivity (Wildman–Crippen MR) is 118 cm³/mol. The van der Waals surface area contributed by atoms with Gasteiger partial charge in [-0.3, -0.25) is 4.79 Å². The third-order valence-electron chi connectivity index (χ3n) is 6.11. The highest BCUT2D eigenvalue weighted by molar-refractivity contribution is 5.94. The number of carbonyl (C=O) groups excluding carboxylic acids is 1. The number of hydrogen-bond acceptors (Lipinski definition) is 4. The van der Waals surface area contributed by atoms with Gasteiger partial charge in [0.05, 0.1) is 17.0 Å². The molecule has 0 radical (unpaired) electrons. The van der Waals surface area contributed by atoms with Crippen LogP contribution in [0.2, 0.25) is 0 Å². The molecular weight excluding hydrogens is 417 g/mol. The van der Waals surface area contributed by atoms with E-state index in [-0.39, 0.29) is 23.4 Å². The second-order valence-electron chi connectivity index (χ2n) is 8.70. The maximum Gasteiger partial charge on any atom is 0.416 e. The Bertz CT molecular complexity index is 1040. The number of aromatic nitrogens is 2. The Balaban J connectivity index is 1.82. The van der Waals surface area contributed by atoms with Crippen LogP contribution in [-0.4, -0.2) is 29.0 Å². The molecule has 32 heavy (non-hydrogen) atoms. The van der Waals surface area contributed by atoms with Crippen LogP contribution >= 0.6 is 0 Å². The van der Waals surface area contributed by atoms with E-state index in [1.165, 1.54) is 6.20 Å². The van der Waals surface area contributed by atoms with Crippen molar-refractivity contribution >= 4 is 17.3 Å². The lowest BCUT2D eigenvalue weighted by atomic mass is 9.84. The topological polar surface area (TPSA) is 66.9 Å². The second-order valence-corrected chi connectivity index (χ2v) is 8.70. The van der Waals surface area contributed by atoms with Gasteiger partial charge in [-0.2, -0.15) is 13.2 Å². The van der Waals surface area contributed by atoms with Crippen LogP contribution in [0.5, 0.6) is 0 Å². The highest BCUT2D eigenvalue weighted by Crippen LogP contribution is 2.38. The van der Waals surface area contributed by atoms with Crippen molar-refractivity contribution in [1.29, 1.82) is 0 Å². The molecular formula is C24H27F3N4O. The summed E-state index contributed by atoms with van der Waals surface area (Å²) in [6.07, 6.45) is 2.26. The number of carbonyl (C=O) groups is 1. The first-order valence-electron chi connectivity index (χ1n) is 11.0. The minimum atomic E-state index is -4.49. The number of anilines is 1. The Hall–Kier alpha value is -2.74. The molecule has 1 amide bonds. The smallest absolute Gasteiger partial charge is 0.313 e. The molecule has 1 aliphatic carbocycles. The molecule has 1 aliphatic heterocycles. The van der Waals surface area contributed by atoms with E-state index in [1.54, 1.807) is 6.07 Å². The number of pyridine rings is 2. The number of nitrogens with zero attached hydrogens (tertiary/aromatic N) is 2. The molecule has 0 atom stereocenters. The maximum absolute atomic E-state index is 13.7. The summed E-state index contributed by atoms with van der Waals surface area (Å²) in [5, 5.41) is 6.08.